The molecule has 0 aromatic carbocycles. The van der Waals surface area contributed by atoms with Crippen LogP contribution in [0.3, 0.4) is 0 Å². The first kappa shape index (κ1) is 24.2. The van der Waals surface area contributed by atoms with E-state index in [4.69, 9.17) is 0 Å². The van der Waals surface area contributed by atoms with Crippen molar-refractivity contribution in [2.24, 2.45) is 0 Å². The second kappa shape index (κ2) is 20.9. The molecular weight excluding hydrogens is 268 g/mol. The predicted octanol–water partition coefficient (Wildman–Crippen LogP) is 6.97. The minimum Gasteiger partial charge on any atom is -0.344 e. The van der Waals surface area contributed by atoms with Crippen LogP contribution < -0.4 is 6.15 Å². The van der Waals surface area contributed by atoms with E-state index in [-0.39, 0.29) is 6.15 Å². The lowest BCUT2D eigenvalue weighted by Gasteiger charge is -2.17. The summed E-state index contributed by atoms with van der Waals surface area (Å²) >= 11 is 0. The van der Waals surface area contributed by atoms with Crippen LogP contribution in [0.15, 0.2) is 0 Å². The van der Waals surface area contributed by atoms with Crippen LogP contribution in [0.2, 0.25) is 0 Å². The van der Waals surface area contributed by atoms with E-state index in [2.05, 4.69) is 25.7 Å². The fourth-order valence-corrected chi connectivity index (χ4v) is 3.07. The number of nitrogens with zero attached hydrogens (tertiary/aromatic N) is 1. The van der Waals surface area contributed by atoms with Gasteiger partial charge in [-0.2, -0.15) is 0 Å². The molecule has 0 aromatic heterocycles. The summed E-state index contributed by atoms with van der Waals surface area (Å²) in [6, 6.07) is 0. The molecule has 0 amide bonds. The first-order valence-electron chi connectivity index (χ1n) is 10.1. The second-order valence-electron chi connectivity index (χ2n) is 6.62. The predicted molar refractivity (Wildman–Crippen MR) is 103 cm³/mol. The molecule has 0 saturated carbocycles. The zero-order chi connectivity index (χ0) is 15.6. The molecule has 0 radical (unpaired) electrons. The van der Waals surface area contributed by atoms with Crippen molar-refractivity contribution >= 4 is 0 Å². The van der Waals surface area contributed by atoms with Crippen LogP contribution >= 0.6 is 0 Å². The van der Waals surface area contributed by atoms with E-state index in [1.807, 2.05) is 0 Å². The summed E-state index contributed by atoms with van der Waals surface area (Å²) < 4.78 is 0. The molecule has 0 aliphatic carbocycles. The maximum atomic E-state index is 2.54. The quantitative estimate of drug-likeness (QED) is 0.294. The van der Waals surface area contributed by atoms with Crippen LogP contribution in [0.1, 0.15) is 111 Å². The first-order valence-corrected chi connectivity index (χ1v) is 10.1. The molecule has 0 unspecified atom stereocenters. The Balaban J connectivity index is 0. The highest BCUT2D eigenvalue weighted by molar-refractivity contribution is 4.53. The van der Waals surface area contributed by atoms with Crippen LogP contribution in [-0.2, 0) is 0 Å². The van der Waals surface area contributed by atoms with Gasteiger partial charge in [0.25, 0.3) is 0 Å². The molecule has 136 valence electrons. The normalized spacial score (nSPS) is 10.9. The molecular formula is C20H46N2. The second-order valence-corrected chi connectivity index (χ2v) is 6.62. The summed E-state index contributed by atoms with van der Waals surface area (Å²) in [7, 11) is 0. The van der Waals surface area contributed by atoms with E-state index < -0.39 is 0 Å². The molecule has 0 saturated heterocycles. The number of hydrogen-bond acceptors (Lipinski definition) is 2. The number of hydrogen-bond donors (Lipinski definition) is 1. The van der Waals surface area contributed by atoms with Crippen molar-refractivity contribution in [1.82, 2.24) is 11.1 Å². The zero-order valence-electron chi connectivity index (χ0n) is 16.2. The molecule has 0 aliphatic heterocycles. The summed E-state index contributed by atoms with van der Waals surface area (Å²) in [4.78, 5) is 2.54. The van der Waals surface area contributed by atoms with Crippen molar-refractivity contribution in [2.75, 3.05) is 19.6 Å². The zero-order valence-corrected chi connectivity index (χ0v) is 16.2. The number of unbranched alkanes of at least 4 members (excludes halogenated alkanes) is 13. The molecule has 0 heterocycles. The first-order chi connectivity index (χ1) is 10.3. The van der Waals surface area contributed by atoms with Gasteiger partial charge in [-0.05, 0) is 26.1 Å². The van der Waals surface area contributed by atoms with Crippen molar-refractivity contribution in [3.8, 4) is 0 Å². The van der Waals surface area contributed by atoms with Gasteiger partial charge in [0.05, 0.1) is 0 Å². The highest BCUT2D eigenvalue weighted by Crippen LogP contribution is 2.13. The minimum absolute atomic E-state index is 0. The highest BCUT2D eigenvalue weighted by atomic mass is 15.1. The Morgan fingerprint density at radius 2 is 0.773 bits per heavy atom. The summed E-state index contributed by atoms with van der Waals surface area (Å²) in [6.45, 7) is 10.6. The van der Waals surface area contributed by atoms with Gasteiger partial charge in [0, 0.05) is 0 Å². The van der Waals surface area contributed by atoms with E-state index >= 15 is 0 Å². The Morgan fingerprint density at radius 3 is 1.09 bits per heavy atom. The van der Waals surface area contributed by atoms with Gasteiger partial charge in [0.15, 0.2) is 0 Å². The van der Waals surface area contributed by atoms with Crippen LogP contribution in [0, 0.1) is 0 Å². The SMILES string of the molecule is CCCCCCCCCCCCCCCCN(CC)CC.N. The molecule has 0 spiro atoms. The summed E-state index contributed by atoms with van der Waals surface area (Å²) in [5.41, 5.74) is 0. The maximum absolute atomic E-state index is 2.54. The summed E-state index contributed by atoms with van der Waals surface area (Å²) in [5.74, 6) is 0. The third-order valence-electron chi connectivity index (χ3n) is 4.72. The Hall–Kier alpha value is -0.0800. The summed E-state index contributed by atoms with van der Waals surface area (Å²) in [6.07, 6.45) is 20.4. The Kier molecular flexibility index (Phi) is 23.0. The molecule has 2 heteroatoms. The van der Waals surface area contributed by atoms with E-state index in [1.165, 1.54) is 110 Å². The lowest BCUT2D eigenvalue weighted by Crippen LogP contribution is -2.23. The Bertz CT molecular complexity index is 179. The molecule has 0 rings (SSSR count). The van der Waals surface area contributed by atoms with Gasteiger partial charge in [-0.15, -0.1) is 0 Å². The Morgan fingerprint density at radius 1 is 0.455 bits per heavy atom. The standard InChI is InChI=1S/C20H43N.H3N/c1-4-7-8-9-10-11-12-13-14-15-16-17-18-19-20-21(5-2)6-3;/h4-20H2,1-3H3;1H3. The van der Waals surface area contributed by atoms with Crippen molar-refractivity contribution in [2.45, 2.75) is 111 Å². The topological polar surface area (TPSA) is 38.2 Å². The van der Waals surface area contributed by atoms with Gasteiger partial charge in [-0.3, -0.25) is 0 Å². The molecule has 0 bridgehead atoms. The van der Waals surface area contributed by atoms with Crippen LogP contribution in [-0.4, -0.2) is 24.5 Å². The van der Waals surface area contributed by atoms with Crippen LogP contribution in [0.25, 0.3) is 0 Å². The minimum atomic E-state index is 0. The van der Waals surface area contributed by atoms with Crippen molar-refractivity contribution in [3.63, 3.8) is 0 Å². The maximum Gasteiger partial charge on any atom is -0.00190 e. The fraction of sp³-hybridized carbons (Fsp3) is 1.00. The molecule has 22 heavy (non-hydrogen) atoms. The lowest BCUT2D eigenvalue weighted by molar-refractivity contribution is 0.295. The fourth-order valence-electron chi connectivity index (χ4n) is 3.07. The molecule has 0 aromatic rings. The van der Waals surface area contributed by atoms with E-state index in [9.17, 15) is 0 Å². The van der Waals surface area contributed by atoms with Crippen LogP contribution in [0.5, 0.6) is 0 Å². The monoisotopic (exact) mass is 314 g/mol. The average molecular weight is 315 g/mol. The lowest BCUT2D eigenvalue weighted by atomic mass is 10.0. The van der Waals surface area contributed by atoms with Gasteiger partial charge in [0.1, 0.15) is 0 Å². The molecule has 0 atom stereocenters. The van der Waals surface area contributed by atoms with E-state index in [0.29, 0.717) is 0 Å². The van der Waals surface area contributed by atoms with Crippen molar-refractivity contribution < 1.29 is 0 Å². The summed E-state index contributed by atoms with van der Waals surface area (Å²) in [5, 5.41) is 0. The van der Waals surface area contributed by atoms with E-state index in [1.54, 1.807) is 0 Å². The highest BCUT2D eigenvalue weighted by Gasteiger charge is 1.98. The molecule has 3 N–H and O–H groups in total. The van der Waals surface area contributed by atoms with Gasteiger partial charge < -0.3 is 11.1 Å². The van der Waals surface area contributed by atoms with E-state index in [0.717, 1.165) is 0 Å². The molecule has 2 nitrogen and oxygen atoms in total. The van der Waals surface area contributed by atoms with Gasteiger partial charge in [0.2, 0.25) is 0 Å². The average Bonchev–Trinajstić information content (AvgIpc) is 2.51. The molecule has 0 fully saturated rings. The number of rotatable bonds is 17. The van der Waals surface area contributed by atoms with Crippen LogP contribution in [0.4, 0.5) is 0 Å². The largest absolute Gasteiger partial charge is 0.344 e. The third kappa shape index (κ3) is 18.0. The van der Waals surface area contributed by atoms with Gasteiger partial charge in [-0.25, -0.2) is 0 Å². The van der Waals surface area contributed by atoms with Crippen molar-refractivity contribution in [1.29, 1.82) is 0 Å². The van der Waals surface area contributed by atoms with Gasteiger partial charge >= 0.3 is 0 Å². The Labute approximate surface area is 142 Å². The smallest absolute Gasteiger partial charge is 0.00190 e. The third-order valence-corrected chi connectivity index (χ3v) is 4.72. The molecule has 0 aliphatic rings. The van der Waals surface area contributed by atoms with Crippen molar-refractivity contribution in [3.05, 3.63) is 0 Å². The van der Waals surface area contributed by atoms with Gasteiger partial charge in [-0.1, -0.05) is 104 Å².